The van der Waals surface area contributed by atoms with E-state index in [2.05, 4.69) is 20.2 Å². The minimum Gasteiger partial charge on any atom is -0.619 e. The zero-order valence-electron chi connectivity index (χ0n) is 17.6. The monoisotopic (exact) mass is 499 g/mol. The fourth-order valence-electron chi connectivity index (χ4n) is 3.72. The maximum absolute atomic E-state index is 13.1. The number of nitrogens with one attached hydrogen (secondary N) is 1. The van der Waals surface area contributed by atoms with Crippen LogP contribution in [0, 0.1) is 5.21 Å². The van der Waals surface area contributed by atoms with E-state index in [1.807, 2.05) is 0 Å². The van der Waals surface area contributed by atoms with Gasteiger partial charge in [-0.25, -0.2) is 13.4 Å². The molecule has 0 unspecified atom stereocenters. The first-order valence-electron chi connectivity index (χ1n) is 10.3. The number of rotatable bonds is 4. The molecule has 3 aromatic heterocycles. The Morgan fingerprint density at radius 3 is 2.47 bits per heavy atom. The van der Waals surface area contributed by atoms with Crippen LogP contribution in [0.15, 0.2) is 60.0 Å². The fourth-order valence-corrected chi connectivity index (χ4v) is 5.33. The molecule has 1 aliphatic heterocycles. The van der Waals surface area contributed by atoms with Crippen LogP contribution in [-0.4, -0.2) is 69.9 Å². The van der Waals surface area contributed by atoms with Gasteiger partial charge in [-0.1, -0.05) is 11.6 Å². The van der Waals surface area contributed by atoms with Crippen molar-refractivity contribution < 1.29 is 17.9 Å². The second kappa shape index (κ2) is 8.63. The van der Waals surface area contributed by atoms with E-state index in [1.54, 1.807) is 36.4 Å². The zero-order chi connectivity index (χ0) is 23.9. The summed E-state index contributed by atoms with van der Waals surface area (Å²) in [5.41, 5.74) is 1.74. The van der Waals surface area contributed by atoms with Crippen LogP contribution in [0.1, 0.15) is 10.6 Å². The van der Waals surface area contributed by atoms with E-state index in [-0.39, 0.29) is 37.0 Å². The minimum atomic E-state index is -3.76. The zero-order valence-corrected chi connectivity index (χ0v) is 19.2. The summed E-state index contributed by atoms with van der Waals surface area (Å²) >= 11 is 5.99. The number of nitrogens with zero attached hydrogens (tertiary/aromatic N) is 6. The van der Waals surface area contributed by atoms with E-state index in [4.69, 9.17) is 11.6 Å². The fraction of sp³-hybridized carbons (Fsp3) is 0.190. The second-order valence-electron chi connectivity index (χ2n) is 7.68. The number of halogens is 1. The summed E-state index contributed by atoms with van der Waals surface area (Å²) in [6.07, 6.45) is 4.07. The SMILES string of the molecule is O=C(c1ncc(-c2cc[n+]([O-])cc2)nn1)N1CCN(S(=O)(=O)c2cc3cc(Cl)ccc3[nH]2)CC1. The molecule has 0 radical (unpaired) electrons. The Bertz CT molecular complexity index is 1470. The Morgan fingerprint density at radius 2 is 1.79 bits per heavy atom. The largest absolute Gasteiger partial charge is 0.619 e. The lowest BCUT2D eigenvalue weighted by Crippen LogP contribution is -2.50. The van der Waals surface area contributed by atoms with Crippen LogP contribution in [0.5, 0.6) is 0 Å². The summed E-state index contributed by atoms with van der Waals surface area (Å²) in [5.74, 6) is -0.510. The van der Waals surface area contributed by atoms with Gasteiger partial charge in [-0.3, -0.25) is 4.79 Å². The first-order chi connectivity index (χ1) is 16.3. The molecule has 1 N–H and O–H groups in total. The molecule has 0 bridgehead atoms. The van der Waals surface area contributed by atoms with Crippen LogP contribution in [0.4, 0.5) is 0 Å². The lowest BCUT2D eigenvalue weighted by Gasteiger charge is -2.33. The molecule has 0 atom stereocenters. The number of amides is 1. The first-order valence-corrected chi connectivity index (χ1v) is 12.1. The number of sulfonamides is 1. The molecular weight excluding hydrogens is 482 g/mol. The van der Waals surface area contributed by atoms with E-state index in [0.29, 0.717) is 31.9 Å². The molecular formula is C21H18ClN7O4S. The maximum Gasteiger partial charge on any atom is 0.293 e. The van der Waals surface area contributed by atoms with Gasteiger partial charge in [0.05, 0.1) is 6.20 Å². The molecule has 174 valence electrons. The summed E-state index contributed by atoms with van der Waals surface area (Å²) in [6.45, 7) is 0.651. The molecule has 0 saturated carbocycles. The van der Waals surface area contributed by atoms with Crippen molar-refractivity contribution in [3.8, 4) is 11.3 Å². The Hall–Kier alpha value is -3.61. The van der Waals surface area contributed by atoms with Gasteiger partial charge in [-0.05, 0) is 24.3 Å². The molecule has 1 aliphatic rings. The number of hydrogen-bond acceptors (Lipinski definition) is 7. The molecule has 1 fully saturated rings. The Labute approximate surface area is 199 Å². The molecule has 1 amide bonds. The van der Waals surface area contributed by atoms with Crippen molar-refractivity contribution in [3.05, 3.63) is 71.0 Å². The molecule has 4 aromatic rings. The van der Waals surface area contributed by atoms with Crippen molar-refractivity contribution in [1.29, 1.82) is 0 Å². The van der Waals surface area contributed by atoms with E-state index in [0.717, 1.165) is 0 Å². The van der Waals surface area contributed by atoms with E-state index in [9.17, 15) is 18.4 Å². The molecule has 1 saturated heterocycles. The molecule has 11 nitrogen and oxygen atoms in total. The quantitative estimate of drug-likeness (QED) is 0.331. The number of aromatic nitrogens is 5. The predicted molar refractivity (Wildman–Crippen MR) is 122 cm³/mol. The molecule has 0 spiro atoms. The normalized spacial score (nSPS) is 15.0. The summed E-state index contributed by atoms with van der Waals surface area (Å²) < 4.78 is 28.2. The third-order valence-electron chi connectivity index (χ3n) is 5.55. The van der Waals surface area contributed by atoms with Gasteiger partial charge in [0, 0.05) is 59.8 Å². The summed E-state index contributed by atoms with van der Waals surface area (Å²) in [6, 6.07) is 9.80. The smallest absolute Gasteiger partial charge is 0.293 e. The first kappa shape index (κ1) is 22.2. The standard InChI is InChI=1S/C21H18ClN7O4S/c22-16-1-2-17-15(11-16)12-19(24-17)34(32,33)29-9-7-27(8-10-29)21(30)20-23-13-18(25-26-20)14-3-5-28(31)6-4-14/h1-6,11-13,24H,7-10H2. The van der Waals surface area contributed by atoms with Crippen molar-refractivity contribution in [1.82, 2.24) is 29.4 Å². The van der Waals surface area contributed by atoms with Crippen LogP contribution in [0.25, 0.3) is 22.2 Å². The third kappa shape index (κ3) is 4.18. The van der Waals surface area contributed by atoms with Gasteiger partial charge < -0.3 is 15.1 Å². The predicted octanol–water partition coefficient (Wildman–Crippen LogP) is 1.45. The van der Waals surface area contributed by atoms with E-state index in [1.165, 1.54) is 27.8 Å². The molecule has 1 aromatic carbocycles. The lowest BCUT2D eigenvalue weighted by molar-refractivity contribution is -0.605. The highest BCUT2D eigenvalue weighted by molar-refractivity contribution is 7.89. The van der Waals surface area contributed by atoms with Crippen LogP contribution in [0.3, 0.4) is 0 Å². The minimum absolute atomic E-state index is 0.0797. The van der Waals surface area contributed by atoms with E-state index >= 15 is 0 Å². The number of piperazine rings is 1. The highest BCUT2D eigenvalue weighted by Crippen LogP contribution is 2.25. The number of fused-ring (bicyclic) bond motifs is 1. The van der Waals surface area contributed by atoms with E-state index < -0.39 is 15.9 Å². The number of carbonyl (C=O) groups is 1. The van der Waals surface area contributed by atoms with Gasteiger partial charge in [-0.2, -0.15) is 9.04 Å². The van der Waals surface area contributed by atoms with Gasteiger partial charge in [0.25, 0.3) is 15.9 Å². The van der Waals surface area contributed by atoms with Gasteiger partial charge >= 0.3 is 0 Å². The average Bonchev–Trinajstić information content (AvgIpc) is 3.28. The third-order valence-corrected chi connectivity index (χ3v) is 7.61. The van der Waals surface area contributed by atoms with Crippen LogP contribution < -0.4 is 4.73 Å². The van der Waals surface area contributed by atoms with Crippen molar-refractivity contribution in [3.63, 3.8) is 0 Å². The van der Waals surface area contributed by atoms with Gasteiger partial charge in [-0.15, -0.1) is 10.2 Å². The van der Waals surface area contributed by atoms with Crippen molar-refractivity contribution >= 4 is 38.4 Å². The highest BCUT2D eigenvalue weighted by atomic mass is 35.5. The van der Waals surface area contributed by atoms with Gasteiger partial charge in [0.2, 0.25) is 5.82 Å². The Balaban J connectivity index is 1.26. The number of H-pyrrole nitrogens is 1. The second-order valence-corrected chi connectivity index (χ2v) is 10.0. The molecule has 0 aliphatic carbocycles. The molecule has 34 heavy (non-hydrogen) atoms. The van der Waals surface area contributed by atoms with Crippen molar-refractivity contribution in [2.75, 3.05) is 26.2 Å². The topological polar surface area (TPSA) is 139 Å². The summed E-state index contributed by atoms with van der Waals surface area (Å²) in [4.78, 5) is 21.3. The van der Waals surface area contributed by atoms with Crippen molar-refractivity contribution in [2.24, 2.45) is 0 Å². The molecule has 4 heterocycles. The van der Waals surface area contributed by atoms with Gasteiger partial charge in [0.1, 0.15) is 10.7 Å². The van der Waals surface area contributed by atoms with Crippen LogP contribution >= 0.6 is 11.6 Å². The van der Waals surface area contributed by atoms with Crippen LogP contribution in [-0.2, 0) is 10.0 Å². The number of benzene rings is 1. The highest BCUT2D eigenvalue weighted by Gasteiger charge is 2.32. The Kier molecular flexibility index (Phi) is 5.63. The summed E-state index contributed by atoms with van der Waals surface area (Å²) in [7, 11) is -3.76. The number of pyridine rings is 1. The van der Waals surface area contributed by atoms with Crippen molar-refractivity contribution in [2.45, 2.75) is 5.03 Å². The molecule has 5 rings (SSSR count). The van der Waals surface area contributed by atoms with Gasteiger partial charge in [0.15, 0.2) is 12.4 Å². The average molecular weight is 500 g/mol. The number of aromatic amines is 1. The Morgan fingerprint density at radius 1 is 1.06 bits per heavy atom. The number of carbonyl (C=O) groups excluding carboxylic acids is 1. The maximum atomic E-state index is 13.1. The van der Waals surface area contributed by atoms with Crippen LogP contribution in [0.2, 0.25) is 5.02 Å². The lowest BCUT2D eigenvalue weighted by atomic mass is 10.2. The number of hydrogen-bond donors (Lipinski definition) is 1. The summed E-state index contributed by atoms with van der Waals surface area (Å²) in [5, 5.41) is 20.4. The molecule has 13 heteroatoms.